The van der Waals surface area contributed by atoms with Crippen LogP contribution in [0.1, 0.15) is 31.7 Å². The lowest BCUT2D eigenvalue weighted by atomic mass is 9.91. The molecule has 2 N–H and O–H groups in total. The minimum atomic E-state index is -0.612. The molecule has 2 unspecified atom stereocenters. The molecule has 2 fully saturated rings. The molecule has 0 bridgehead atoms. The Morgan fingerprint density at radius 1 is 1.29 bits per heavy atom. The lowest BCUT2D eigenvalue weighted by Crippen LogP contribution is -2.45. The first-order valence-corrected chi connectivity index (χ1v) is 8.86. The molecular weight excluding hydrogens is 304 g/mol. The Hall–Kier alpha value is -1.88. The van der Waals surface area contributed by atoms with Crippen LogP contribution in [0.2, 0.25) is 0 Å². The maximum Gasteiger partial charge on any atom is 0.328 e. The van der Waals surface area contributed by atoms with Gasteiger partial charge in [-0.3, -0.25) is 4.79 Å². The van der Waals surface area contributed by atoms with Crippen molar-refractivity contribution in [1.29, 1.82) is 0 Å². The number of benzene rings is 1. The first kappa shape index (κ1) is 17.0. The molecule has 1 amide bonds. The van der Waals surface area contributed by atoms with Gasteiger partial charge in [0.05, 0.1) is 6.61 Å². The Labute approximate surface area is 143 Å². The fraction of sp³-hybridized carbons (Fsp3) is 0.579. The molecule has 3 rings (SSSR count). The molecule has 1 spiro atoms. The Kier molecular flexibility index (Phi) is 5.19. The average Bonchev–Trinajstić information content (AvgIpc) is 3.29. The van der Waals surface area contributed by atoms with Crippen molar-refractivity contribution in [1.82, 2.24) is 10.6 Å². The fourth-order valence-electron chi connectivity index (χ4n) is 3.75. The summed E-state index contributed by atoms with van der Waals surface area (Å²) in [6.45, 7) is 4.06. The van der Waals surface area contributed by atoms with Crippen molar-refractivity contribution < 1.29 is 14.3 Å². The third kappa shape index (κ3) is 3.78. The molecule has 1 aliphatic carbocycles. The highest BCUT2D eigenvalue weighted by molar-refractivity contribution is 5.88. The van der Waals surface area contributed by atoms with Gasteiger partial charge in [0.2, 0.25) is 5.91 Å². The number of esters is 1. The van der Waals surface area contributed by atoms with Gasteiger partial charge < -0.3 is 15.4 Å². The molecule has 1 saturated heterocycles. The summed E-state index contributed by atoms with van der Waals surface area (Å²) < 4.78 is 5.15. The summed E-state index contributed by atoms with van der Waals surface area (Å²) in [6.07, 6.45) is 3.51. The molecule has 1 aliphatic heterocycles. The van der Waals surface area contributed by atoms with E-state index in [1.54, 1.807) is 6.92 Å². The second kappa shape index (κ2) is 7.34. The second-order valence-electron chi connectivity index (χ2n) is 6.87. The van der Waals surface area contributed by atoms with Gasteiger partial charge in [-0.25, -0.2) is 4.79 Å². The molecule has 5 nitrogen and oxygen atoms in total. The number of rotatable bonds is 6. The Balaban J connectivity index is 1.63. The molecule has 0 radical (unpaired) electrons. The van der Waals surface area contributed by atoms with Crippen molar-refractivity contribution in [3.05, 3.63) is 35.9 Å². The molecule has 5 heteroatoms. The predicted octanol–water partition coefficient (Wildman–Crippen LogP) is 1.67. The van der Waals surface area contributed by atoms with Crippen LogP contribution < -0.4 is 10.6 Å². The van der Waals surface area contributed by atoms with E-state index in [1.807, 2.05) is 30.3 Å². The summed E-state index contributed by atoms with van der Waals surface area (Å²) in [7, 11) is 0. The summed E-state index contributed by atoms with van der Waals surface area (Å²) >= 11 is 0. The molecule has 1 saturated carbocycles. The minimum absolute atomic E-state index is 0.00545. The van der Waals surface area contributed by atoms with Crippen LogP contribution in [0.5, 0.6) is 0 Å². The lowest BCUT2D eigenvalue weighted by Gasteiger charge is -2.24. The molecule has 0 aromatic heterocycles. The number of piperidine rings is 1. The largest absolute Gasteiger partial charge is 0.464 e. The quantitative estimate of drug-likeness (QED) is 0.779. The van der Waals surface area contributed by atoms with Gasteiger partial charge in [-0.05, 0) is 50.3 Å². The average molecular weight is 330 g/mol. The second-order valence-corrected chi connectivity index (χ2v) is 6.87. The first-order chi connectivity index (χ1) is 11.6. The SMILES string of the molecule is CCOC(=O)C(Cc1ccccc1)NC(=O)C1CC12CCNCC2. The number of ether oxygens (including phenoxy) is 1. The van der Waals surface area contributed by atoms with Gasteiger partial charge >= 0.3 is 5.97 Å². The van der Waals surface area contributed by atoms with E-state index in [9.17, 15) is 9.59 Å². The topological polar surface area (TPSA) is 67.4 Å². The van der Waals surface area contributed by atoms with E-state index < -0.39 is 6.04 Å². The van der Waals surface area contributed by atoms with Crippen molar-refractivity contribution in [2.24, 2.45) is 11.3 Å². The van der Waals surface area contributed by atoms with Crippen LogP contribution in [0.4, 0.5) is 0 Å². The Morgan fingerprint density at radius 2 is 2.00 bits per heavy atom. The summed E-state index contributed by atoms with van der Waals surface area (Å²) in [5, 5.41) is 6.29. The summed E-state index contributed by atoms with van der Waals surface area (Å²) in [5.41, 5.74) is 1.18. The minimum Gasteiger partial charge on any atom is -0.464 e. The van der Waals surface area contributed by atoms with Gasteiger partial charge in [0.15, 0.2) is 0 Å². The van der Waals surface area contributed by atoms with Crippen LogP contribution in [0.15, 0.2) is 30.3 Å². The van der Waals surface area contributed by atoms with Crippen LogP contribution in [0, 0.1) is 11.3 Å². The van der Waals surface area contributed by atoms with E-state index in [-0.39, 0.29) is 23.2 Å². The van der Waals surface area contributed by atoms with E-state index in [1.165, 1.54) is 0 Å². The number of hydrogen-bond acceptors (Lipinski definition) is 4. The molecule has 130 valence electrons. The zero-order valence-electron chi connectivity index (χ0n) is 14.2. The molecule has 24 heavy (non-hydrogen) atoms. The van der Waals surface area contributed by atoms with Crippen molar-refractivity contribution in [3.8, 4) is 0 Å². The molecule has 1 heterocycles. The van der Waals surface area contributed by atoms with Gasteiger partial charge in [-0.1, -0.05) is 30.3 Å². The molecule has 1 aromatic rings. The summed E-state index contributed by atoms with van der Waals surface area (Å²) in [6, 6.07) is 9.12. The van der Waals surface area contributed by atoms with Crippen LogP contribution in [0.3, 0.4) is 0 Å². The first-order valence-electron chi connectivity index (χ1n) is 8.86. The van der Waals surface area contributed by atoms with E-state index in [2.05, 4.69) is 10.6 Å². The maximum atomic E-state index is 12.6. The third-order valence-corrected chi connectivity index (χ3v) is 5.28. The van der Waals surface area contributed by atoms with E-state index in [0.717, 1.165) is 37.9 Å². The standard InChI is InChI=1S/C19H26N2O3/c1-2-24-18(23)16(12-14-6-4-3-5-7-14)21-17(22)15-13-19(15)8-10-20-11-9-19/h3-7,15-16,20H,2,8-13H2,1H3,(H,21,22). The number of carbonyl (C=O) groups is 2. The van der Waals surface area contributed by atoms with Crippen molar-refractivity contribution in [2.45, 2.75) is 38.6 Å². The van der Waals surface area contributed by atoms with Crippen LogP contribution >= 0.6 is 0 Å². The number of amides is 1. The maximum absolute atomic E-state index is 12.6. The zero-order chi connectivity index (χ0) is 17.0. The highest BCUT2D eigenvalue weighted by atomic mass is 16.5. The number of nitrogens with one attached hydrogen (secondary N) is 2. The van der Waals surface area contributed by atoms with Crippen LogP contribution in [-0.4, -0.2) is 37.6 Å². The number of carbonyl (C=O) groups excluding carboxylic acids is 2. The van der Waals surface area contributed by atoms with E-state index in [0.29, 0.717) is 13.0 Å². The highest BCUT2D eigenvalue weighted by Crippen LogP contribution is 2.58. The molecule has 2 aliphatic rings. The van der Waals surface area contributed by atoms with Gasteiger partial charge in [0.25, 0.3) is 0 Å². The fourth-order valence-corrected chi connectivity index (χ4v) is 3.75. The van der Waals surface area contributed by atoms with Crippen molar-refractivity contribution in [3.63, 3.8) is 0 Å². The molecular formula is C19H26N2O3. The van der Waals surface area contributed by atoms with Gasteiger partial charge in [-0.2, -0.15) is 0 Å². The predicted molar refractivity (Wildman–Crippen MR) is 91.4 cm³/mol. The summed E-state index contributed by atoms with van der Waals surface area (Å²) in [5.74, 6) is -0.298. The Morgan fingerprint density at radius 3 is 2.67 bits per heavy atom. The van der Waals surface area contributed by atoms with E-state index >= 15 is 0 Å². The van der Waals surface area contributed by atoms with Crippen molar-refractivity contribution >= 4 is 11.9 Å². The molecule has 1 aromatic carbocycles. The summed E-state index contributed by atoms with van der Waals surface area (Å²) in [4.78, 5) is 24.9. The Bertz CT molecular complexity index is 582. The monoisotopic (exact) mass is 330 g/mol. The van der Waals surface area contributed by atoms with Gasteiger partial charge in [-0.15, -0.1) is 0 Å². The van der Waals surface area contributed by atoms with Gasteiger partial charge in [0.1, 0.15) is 6.04 Å². The number of hydrogen-bond donors (Lipinski definition) is 2. The zero-order valence-corrected chi connectivity index (χ0v) is 14.2. The van der Waals surface area contributed by atoms with E-state index in [4.69, 9.17) is 4.74 Å². The van der Waals surface area contributed by atoms with Crippen molar-refractivity contribution in [2.75, 3.05) is 19.7 Å². The smallest absolute Gasteiger partial charge is 0.328 e. The highest BCUT2D eigenvalue weighted by Gasteiger charge is 2.57. The third-order valence-electron chi connectivity index (χ3n) is 5.28. The van der Waals surface area contributed by atoms with Crippen LogP contribution in [-0.2, 0) is 20.7 Å². The lowest BCUT2D eigenvalue weighted by molar-refractivity contribution is -0.147. The van der Waals surface area contributed by atoms with Crippen LogP contribution in [0.25, 0.3) is 0 Å². The van der Waals surface area contributed by atoms with Gasteiger partial charge in [0, 0.05) is 12.3 Å². The molecule has 2 atom stereocenters. The normalized spacial score (nSPS) is 22.6.